The van der Waals surface area contributed by atoms with Gasteiger partial charge in [-0.15, -0.1) is 0 Å². The predicted octanol–water partition coefficient (Wildman–Crippen LogP) is 2.66. The summed E-state index contributed by atoms with van der Waals surface area (Å²) in [5.74, 6) is -0.869. The molecule has 3 heteroatoms. The fraction of sp³-hybridized carbons (Fsp3) is 0.500. The maximum absolute atomic E-state index is 10.7. The predicted molar refractivity (Wildman–Crippen MR) is 67.1 cm³/mol. The van der Waals surface area contributed by atoms with E-state index in [0.29, 0.717) is 11.0 Å². The number of carboxylic acids is 1. The summed E-state index contributed by atoms with van der Waals surface area (Å²) < 4.78 is 0. The van der Waals surface area contributed by atoms with Crippen LogP contribution in [0.1, 0.15) is 42.1 Å². The van der Waals surface area contributed by atoms with Crippen LogP contribution >= 0.6 is 0 Å². The van der Waals surface area contributed by atoms with Gasteiger partial charge in [-0.25, -0.2) is 4.79 Å². The third kappa shape index (κ3) is 3.56. The highest BCUT2D eigenvalue weighted by Gasteiger charge is 2.35. The van der Waals surface area contributed by atoms with Gasteiger partial charge < -0.3 is 10.4 Å². The van der Waals surface area contributed by atoms with Crippen LogP contribution in [0.3, 0.4) is 0 Å². The number of rotatable bonds is 6. The highest BCUT2D eigenvalue weighted by Crippen LogP contribution is 2.47. The van der Waals surface area contributed by atoms with Crippen molar-refractivity contribution in [2.45, 2.75) is 32.7 Å². The van der Waals surface area contributed by atoms with Crippen LogP contribution in [0.5, 0.6) is 0 Å². The highest BCUT2D eigenvalue weighted by atomic mass is 16.4. The summed E-state index contributed by atoms with van der Waals surface area (Å²) in [6.07, 6.45) is 3.96. The van der Waals surface area contributed by atoms with Gasteiger partial charge in [-0.3, -0.25) is 0 Å². The van der Waals surface area contributed by atoms with Gasteiger partial charge >= 0.3 is 5.97 Å². The summed E-state index contributed by atoms with van der Waals surface area (Å²) >= 11 is 0. The van der Waals surface area contributed by atoms with Gasteiger partial charge in [-0.1, -0.05) is 19.1 Å². The van der Waals surface area contributed by atoms with Gasteiger partial charge in [-0.2, -0.15) is 0 Å². The van der Waals surface area contributed by atoms with Crippen molar-refractivity contribution in [2.75, 3.05) is 6.54 Å². The molecule has 1 saturated carbocycles. The van der Waals surface area contributed by atoms with Gasteiger partial charge in [0.25, 0.3) is 0 Å². The Balaban J connectivity index is 1.73. The van der Waals surface area contributed by atoms with E-state index in [1.54, 1.807) is 12.1 Å². The van der Waals surface area contributed by atoms with E-state index >= 15 is 0 Å². The zero-order valence-electron chi connectivity index (χ0n) is 10.2. The smallest absolute Gasteiger partial charge is 0.335 e. The molecule has 0 aliphatic heterocycles. The monoisotopic (exact) mass is 233 g/mol. The molecule has 0 atom stereocenters. The standard InChI is InChI=1S/C14H19NO2/c1-14(6-7-14)8-9-15-10-11-2-4-12(5-3-11)13(16)17/h2-5,15H,6-10H2,1H3,(H,16,17). The first-order chi connectivity index (χ1) is 8.09. The molecule has 3 nitrogen and oxygen atoms in total. The Labute approximate surface area is 102 Å². The van der Waals surface area contributed by atoms with E-state index in [4.69, 9.17) is 5.11 Å². The van der Waals surface area contributed by atoms with E-state index in [9.17, 15) is 4.79 Å². The van der Waals surface area contributed by atoms with Crippen molar-refractivity contribution in [1.29, 1.82) is 0 Å². The molecule has 0 bridgehead atoms. The van der Waals surface area contributed by atoms with Crippen molar-refractivity contribution >= 4 is 5.97 Å². The molecular weight excluding hydrogens is 214 g/mol. The number of hydrogen-bond acceptors (Lipinski definition) is 2. The lowest BCUT2D eigenvalue weighted by Gasteiger charge is -2.09. The molecule has 0 spiro atoms. The van der Waals surface area contributed by atoms with Crippen molar-refractivity contribution in [2.24, 2.45) is 5.41 Å². The van der Waals surface area contributed by atoms with Gasteiger partial charge in [-0.05, 0) is 48.9 Å². The molecule has 0 unspecified atom stereocenters. The Morgan fingerprint density at radius 3 is 2.53 bits per heavy atom. The second-order valence-electron chi connectivity index (χ2n) is 5.24. The second kappa shape index (κ2) is 4.88. The van der Waals surface area contributed by atoms with Crippen LogP contribution in [0.15, 0.2) is 24.3 Å². The molecule has 0 saturated heterocycles. The van der Waals surface area contributed by atoms with E-state index in [1.165, 1.54) is 19.3 Å². The molecule has 1 aliphatic carbocycles. The maximum atomic E-state index is 10.7. The van der Waals surface area contributed by atoms with Gasteiger partial charge in [0.2, 0.25) is 0 Å². The topological polar surface area (TPSA) is 49.3 Å². The van der Waals surface area contributed by atoms with Crippen molar-refractivity contribution in [3.8, 4) is 0 Å². The lowest BCUT2D eigenvalue weighted by atomic mass is 10.1. The van der Waals surface area contributed by atoms with Gasteiger partial charge in [0.1, 0.15) is 0 Å². The number of carboxylic acid groups (broad SMARTS) is 1. The minimum Gasteiger partial charge on any atom is -0.478 e. The largest absolute Gasteiger partial charge is 0.478 e. The molecule has 1 aromatic carbocycles. The van der Waals surface area contributed by atoms with Crippen LogP contribution in [-0.4, -0.2) is 17.6 Å². The maximum Gasteiger partial charge on any atom is 0.335 e. The Morgan fingerprint density at radius 2 is 2.00 bits per heavy atom. The van der Waals surface area contributed by atoms with Crippen molar-refractivity contribution in [3.05, 3.63) is 35.4 Å². The normalized spacial score (nSPS) is 16.8. The zero-order valence-corrected chi connectivity index (χ0v) is 10.2. The first kappa shape index (κ1) is 12.1. The van der Waals surface area contributed by atoms with Crippen LogP contribution in [0.4, 0.5) is 0 Å². The molecule has 1 aromatic rings. The van der Waals surface area contributed by atoms with Gasteiger partial charge in [0, 0.05) is 6.54 Å². The molecular formula is C14H19NO2. The quantitative estimate of drug-likeness (QED) is 0.743. The number of hydrogen-bond donors (Lipinski definition) is 2. The minimum absolute atomic E-state index is 0.347. The van der Waals surface area contributed by atoms with E-state index in [1.807, 2.05) is 12.1 Å². The summed E-state index contributed by atoms with van der Waals surface area (Å²) in [4.78, 5) is 10.7. The molecule has 2 N–H and O–H groups in total. The highest BCUT2D eigenvalue weighted by molar-refractivity contribution is 5.87. The lowest BCUT2D eigenvalue weighted by molar-refractivity contribution is 0.0697. The van der Waals surface area contributed by atoms with Crippen molar-refractivity contribution in [1.82, 2.24) is 5.32 Å². The zero-order chi connectivity index (χ0) is 12.3. The third-order valence-electron chi connectivity index (χ3n) is 3.54. The average molecular weight is 233 g/mol. The first-order valence-corrected chi connectivity index (χ1v) is 6.12. The summed E-state index contributed by atoms with van der Waals surface area (Å²) in [6, 6.07) is 7.05. The Kier molecular flexibility index (Phi) is 3.48. The minimum atomic E-state index is -0.869. The van der Waals surface area contributed by atoms with E-state index in [0.717, 1.165) is 18.7 Å². The third-order valence-corrected chi connectivity index (χ3v) is 3.54. The molecule has 17 heavy (non-hydrogen) atoms. The Morgan fingerprint density at radius 1 is 1.35 bits per heavy atom. The van der Waals surface area contributed by atoms with E-state index in [-0.39, 0.29) is 0 Å². The van der Waals surface area contributed by atoms with Crippen molar-refractivity contribution in [3.63, 3.8) is 0 Å². The Bertz CT molecular complexity index is 393. The summed E-state index contributed by atoms with van der Waals surface area (Å²) in [6.45, 7) is 4.18. The molecule has 0 amide bonds. The van der Waals surface area contributed by atoms with Crippen molar-refractivity contribution < 1.29 is 9.90 Å². The SMILES string of the molecule is CC1(CCNCc2ccc(C(=O)O)cc2)CC1. The molecule has 1 fully saturated rings. The van der Waals surface area contributed by atoms with Crippen LogP contribution in [0.2, 0.25) is 0 Å². The first-order valence-electron chi connectivity index (χ1n) is 6.12. The van der Waals surface area contributed by atoms with Gasteiger partial charge in [0.05, 0.1) is 5.56 Å². The number of carbonyl (C=O) groups is 1. The molecule has 92 valence electrons. The molecule has 0 radical (unpaired) electrons. The molecule has 1 aliphatic rings. The van der Waals surface area contributed by atoms with Crippen LogP contribution in [-0.2, 0) is 6.54 Å². The Hall–Kier alpha value is -1.35. The fourth-order valence-corrected chi connectivity index (χ4v) is 1.85. The fourth-order valence-electron chi connectivity index (χ4n) is 1.85. The molecule has 0 heterocycles. The summed E-state index contributed by atoms with van der Waals surface area (Å²) in [7, 11) is 0. The van der Waals surface area contributed by atoms with E-state index in [2.05, 4.69) is 12.2 Å². The van der Waals surface area contributed by atoms with Crippen LogP contribution in [0, 0.1) is 5.41 Å². The summed E-state index contributed by atoms with van der Waals surface area (Å²) in [5, 5.41) is 12.2. The number of nitrogens with one attached hydrogen (secondary N) is 1. The second-order valence-corrected chi connectivity index (χ2v) is 5.24. The van der Waals surface area contributed by atoms with Crippen LogP contribution in [0.25, 0.3) is 0 Å². The summed E-state index contributed by atoms with van der Waals surface area (Å²) in [5.41, 5.74) is 2.08. The lowest BCUT2D eigenvalue weighted by Crippen LogP contribution is -2.17. The number of aromatic carboxylic acids is 1. The van der Waals surface area contributed by atoms with Crippen LogP contribution < -0.4 is 5.32 Å². The van der Waals surface area contributed by atoms with Gasteiger partial charge in [0.15, 0.2) is 0 Å². The molecule has 2 rings (SSSR count). The number of benzene rings is 1. The average Bonchev–Trinajstić information content (AvgIpc) is 3.04. The van der Waals surface area contributed by atoms with E-state index < -0.39 is 5.97 Å². The molecule has 0 aromatic heterocycles.